The molecule has 2 heterocycles. The Balaban J connectivity index is 2.13. The topological polar surface area (TPSA) is 75.1 Å². The third kappa shape index (κ3) is 2.40. The lowest BCUT2D eigenvalue weighted by Crippen LogP contribution is -2.12. The first-order valence-electron chi connectivity index (χ1n) is 4.40. The fraction of sp³-hybridized carbons (Fsp3) is 0. The minimum absolute atomic E-state index is 0.193. The SMILES string of the molecule is O=C(Nc1ccc(=O)[nH]c1)c1ccc(Br)o1. The van der Waals surface area contributed by atoms with E-state index in [2.05, 4.69) is 26.2 Å². The molecule has 0 atom stereocenters. The molecular weight excluding hydrogens is 276 g/mol. The van der Waals surface area contributed by atoms with E-state index in [0.29, 0.717) is 10.4 Å². The van der Waals surface area contributed by atoms with Crippen molar-refractivity contribution in [2.75, 3.05) is 5.32 Å². The number of rotatable bonds is 2. The number of hydrogen-bond donors (Lipinski definition) is 2. The molecule has 82 valence electrons. The molecule has 0 bridgehead atoms. The molecule has 2 N–H and O–H groups in total. The van der Waals surface area contributed by atoms with Crippen LogP contribution in [0.2, 0.25) is 0 Å². The van der Waals surface area contributed by atoms with Crippen LogP contribution >= 0.6 is 15.9 Å². The van der Waals surface area contributed by atoms with E-state index in [9.17, 15) is 9.59 Å². The molecule has 0 saturated heterocycles. The van der Waals surface area contributed by atoms with Crippen LogP contribution in [0, 0.1) is 0 Å². The summed E-state index contributed by atoms with van der Waals surface area (Å²) in [5.74, 6) is -0.184. The molecule has 0 aromatic carbocycles. The van der Waals surface area contributed by atoms with Crippen LogP contribution in [0.1, 0.15) is 10.6 Å². The highest BCUT2D eigenvalue weighted by Crippen LogP contribution is 2.15. The third-order valence-electron chi connectivity index (χ3n) is 1.84. The Morgan fingerprint density at radius 1 is 1.31 bits per heavy atom. The van der Waals surface area contributed by atoms with Crippen molar-refractivity contribution >= 4 is 27.5 Å². The fourth-order valence-electron chi connectivity index (χ4n) is 1.12. The highest BCUT2D eigenvalue weighted by molar-refractivity contribution is 9.10. The predicted molar refractivity (Wildman–Crippen MR) is 61.4 cm³/mol. The van der Waals surface area contributed by atoms with E-state index >= 15 is 0 Å². The lowest BCUT2D eigenvalue weighted by atomic mass is 10.4. The van der Waals surface area contributed by atoms with Crippen molar-refractivity contribution in [3.8, 4) is 0 Å². The van der Waals surface area contributed by atoms with Crippen LogP contribution in [0.4, 0.5) is 5.69 Å². The van der Waals surface area contributed by atoms with Crippen molar-refractivity contribution in [3.63, 3.8) is 0 Å². The van der Waals surface area contributed by atoms with Gasteiger partial charge >= 0.3 is 0 Å². The van der Waals surface area contributed by atoms with Crippen LogP contribution < -0.4 is 10.9 Å². The highest BCUT2D eigenvalue weighted by atomic mass is 79.9. The summed E-state index contributed by atoms with van der Waals surface area (Å²) < 4.78 is 5.56. The quantitative estimate of drug-likeness (QED) is 0.884. The van der Waals surface area contributed by atoms with E-state index in [1.165, 1.54) is 18.3 Å². The monoisotopic (exact) mass is 282 g/mol. The van der Waals surface area contributed by atoms with Gasteiger partial charge in [0.1, 0.15) is 0 Å². The van der Waals surface area contributed by atoms with Crippen molar-refractivity contribution in [1.29, 1.82) is 0 Å². The first-order chi connectivity index (χ1) is 7.65. The molecule has 0 aliphatic rings. The zero-order valence-electron chi connectivity index (χ0n) is 7.99. The van der Waals surface area contributed by atoms with Crippen LogP contribution in [0.15, 0.2) is 44.3 Å². The Morgan fingerprint density at radius 3 is 2.69 bits per heavy atom. The van der Waals surface area contributed by atoms with Gasteiger partial charge < -0.3 is 14.7 Å². The van der Waals surface area contributed by atoms with E-state index in [4.69, 9.17) is 4.42 Å². The maximum absolute atomic E-state index is 11.6. The largest absolute Gasteiger partial charge is 0.444 e. The molecule has 5 nitrogen and oxygen atoms in total. The van der Waals surface area contributed by atoms with Crippen molar-refractivity contribution < 1.29 is 9.21 Å². The summed E-state index contributed by atoms with van der Waals surface area (Å²) in [6, 6.07) is 6.01. The number of hydrogen-bond acceptors (Lipinski definition) is 3. The number of aromatic amines is 1. The van der Waals surface area contributed by atoms with Crippen molar-refractivity contribution in [1.82, 2.24) is 4.98 Å². The average molecular weight is 283 g/mol. The van der Waals surface area contributed by atoms with Crippen molar-refractivity contribution in [2.45, 2.75) is 0 Å². The number of carbonyl (C=O) groups is 1. The number of anilines is 1. The normalized spacial score (nSPS) is 10.1. The number of halogens is 1. The van der Waals surface area contributed by atoms with E-state index < -0.39 is 0 Å². The fourth-order valence-corrected chi connectivity index (χ4v) is 1.42. The maximum Gasteiger partial charge on any atom is 0.291 e. The van der Waals surface area contributed by atoms with Crippen LogP contribution in [-0.2, 0) is 0 Å². The lowest BCUT2D eigenvalue weighted by Gasteiger charge is -2.01. The summed E-state index contributed by atoms with van der Waals surface area (Å²) in [7, 11) is 0. The van der Waals surface area contributed by atoms with Gasteiger partial charge in [0.25, 0.3) is 5.91 Å². The van der Waals surface area contributed by atoms with Crippen LogP contribution in [-0.4, -0.2) is 10.9 Å². The molecule has 0 unspecified atom stereocenters. The van der Waals surface area contributed by atoms with E-state index in [-0.39, 0.29) is 17.2 Å². The molecule has 0 spiro atoms. The number of nitrogens with one attached hydrogen (secondary N) is 2. The van der Waals surface area contributed by atoms with Crippen molar-refractivity contribution in [3.05, 3.63) is 51.2 Å². The second kappa shape index (κ2) is 4.36. The van der Waals surface area contributed by atoms with Crippen LogP contribution in [0.3, 0.4) is 0 Å². The van der Waals surface area contributed by atoms with Crippen LogP contribution in [0.5, 0.6) is 0 Å². The van der Waals surface area contributed by atoms with Gasteiger partial charge in [0.2, 0.25) is 5.56 Å². The molecule has 1 amide bonds. The molecule has 6 heteroatoms. The molecule has 16 heavy (non-hydrogen) atoms. The smallest absolute Gasteiger partial charge is 0.291 e. The molecule has 0 aliphatic heterocycles. The van der Waals surface area contributed by atoms with Gasteiger partial charge in [-0.25, -0.2) is 0 Å². The molecule has 2 aromatic heterocycles. The molecule has 0 saturated carbocycles. The first kappa shape index (κ1) is 10.7. The summed E-state index contributed by atoms with van der Waals surface area (Å²) >= 11 is 3.10. The minimum atomic E-state index is -0.377. The van der Waals surface area contributed by atoms with Gasteiger partial charge in [0, 0.05) is 12.3 Å². The molecule has 0 fully saturated rings. The Labute approximate surface area is 98.6 Å². The second-order valence-electron chi connectivity index (χ2n) is 3.00. The lowest BCUT2D eigenvalue weighted by molar-refractivity contribution is 0.0995. The van der Waals surface area contributed by atoms with E-state index in [0.717, 1.165) is 0 Å². The van der Waals surface area contributed by atoms with Gasteiger partial charge in [-0.1, -0.05) is 0 Å². The first-order valence-corrected chi connectivity index (χ1v) is 5.20. The van der Waals surface area contributed by atoms with Crippen LogP contribution in [0.25, 0.3) is 0 Å². The minimum Gasteiger partial charge on any atom is -0.444 e. The molecular formula is C10H7BrN2O3. The average Bonchev–Trinajstić information content (AvgIpc) is 2.68. The summed E-state index contributed by atoms with van der Waals surface area (Å²) in [5.41, 5.74) is 0.274. The summed E-state index contributed by atoms with van der Waals surface area (Å²) in [6.45, 7) is 0. The van der Waals surface area contributed by atoms with Gasteiger partial charge in [-0.3, -0.25) is 9.59 Å². The molecule has 2 aromatic rings. The summed E-state index contributed by atoms with van der Waals surface area (Å²) in [4.78, 5) is 24.8. The second-order valence-corrected chi connectivity index (χ2v) is 3.78. The van der Waals surface area contributed by atoms with Gasteiger partial charge in [0.15, 0.2) is 10.4 Å². The van der Waals surface area contributed by atoms with Gasteiger partial charge in [-0.2, -0.15) is 0 Å². The number of carbonyl (C=O) groups excluding carboxylic acids is 1. The maximum atomic E-state index is 11.6. The number of aromatic nitrogens is 1. The Bertz CT molecular complexity index is 553. The standard InChI is InChI=1S/C10H7BrN2O3/c11-8-3-2-7(16-8)10(15)13-6-1-4-9(14)12-5-6/h1-5H,(H,12,14)(H,13,15). The Kier molecular flexibility index (Phi) is 2.91. The summed E-state index contributed by atoms with van der Waals surface area (Å²) in [6.07, 6.45) is 1.41. The van der Waals surface area contributed by atoms with Gasteiger partial charge in [-0.15, -0.1) is 0 Å². The van der Waals surface area contributed by atoms with E-state index in [1.54, 1.807) is 12.1 Å². The Morgan fingerprint density at radius 2 is 2.12 bits per heavy atom. The molecule has 0 radical (unpaired) electrons. The zero-order valence-corrected chi connectivity index (χ0v) is 9.58. The van der Waals surface area contributed by atoms with Crippen molar-refractivity contribution in [2.24, 2.45) is 0 Å². The third-order valence-corrected chi connectivity index (χ3v) is 2.27. The number of furan rings is 1. The highest BCUT2D eigenvalue weighted by Gasteiger charge is 2.10. The zero-order chi connectivity index (χ0) is 11.5. The predicted octanol–water partition coefficient (Wildman–Crippen LogP) is 1.98. The Hall–Kier alpha value is -1.82. The summed E-state index contributed by atoms with van der Waals surface area (Å²) in [5, 5.41) is 2.58. The number of H-pyrrole nitrogens is 1. The number of pyridine rings is 1. The molecule has 0 aliphatic carbocycles. The van der Waals surface area contributed by atoms with Gasteiger partial charge in [0.05, 0.1) is 5.69 Å². The van der Waals surface area contributed by atoms with Gasteiger partial charge in [-0.05, 0) is 34.1 Å². The molecule has 2 rings (SSSR count). The number of amides is 1. The van der Waals surface area contributed by atoms with E-state index in [1.807, 2.05) is 0 Å².